The van der Waals surface area contributed by atoms with Crippen molar-refractivity contribution in [1.29, 1.82) is 0 Å². The summed E-state index contributed by atoms with van der Waals surface area (Å²) in [6.07, 6.45) is 2.36. The van der Waals surface area contributed by atoms with Gasteiger partial charge in [0.2, 0.25) is 5.95 Å². The third-order valence-electron chi connectivity index (χ3n) is 4.05. The summed E-state index contributed by atoms with van der Waals surface area (Å²) in [6.45, 7) is 5.52. The van der Waals surface area contributed by atoms with Crippen LogP contribution in [0.3, 0.4) is 0 Å². The fraction of sp³-hybridized carbons (Fsp3) is 0.421. The van der Waals surface area contributed by atoms with Crippen molar-refractivity contribution in [3.05, 3.63) is 41.6 Å². The van der Waals surface area contributed by atoms with Crippen molar-refractivity contribution in [2.45, 2.75) is 32.8 Å². The van der Waals surface area contributed by atoms with Crippen LogP contribution < -0.4 is 10.6 Å². The Morgan fingerprint density at radius 2 is 2.19 bits per heavy atom. The number of nitrogens with zero attached hydrogens (tertiary/aromatic N) is 2. The molecule has 0 spiro atoms. The maximum atomic E-state index is 12.1. The molecular formula is C19H24N4O3. The lowest BCUT2D eigenvalue weighted by Crippen LogP contribution is -2.20. The van der Waals surface area contributed by atoms with Crippen LogP contribution in [0.5, 0.6) is 0 Å². The Balaban J connectivity index is 1.74. The lowest BCUT2D eigenvalue weighted by atomic mass is 10.2. The summed E-state index contributed by atoms with van der Waals surface area (Å²) in [7, 11) is 0. The van der Waals surface area contributed by atoms with Crippen molar-refractivity contribution in [1.82, 2.24) is 9.97 Å². The number of nitrogens with one attached hydrogen (secondary N) is 2. The first kappa shape index (κ1) is 18.1. The minimum absolute atomic E-state index is 0.208. The molecule has 1 aliphatic heterocycles. The minimum Gasteiger partial charge on any atom is -0.462 e. The highest BCUT2D eigenvalue weighted by molar-refractivity contribution is 5.96. The highest BCUT2D eigenvalue weighted by Crippen LogP contribution is 2.22. The van der Waals surface area contributed by atoms with E-state index < -0.39 is 0 Å². The van der Waals surface area contributed by atoms with Gasteiger partial charge in [-0.15, -0.1) is 0 Å². The molecule has 1 aliphatic rings. The van der Waals surface area contributed by atoms with Crippen LogP contribution in [0, 0.1) is 6.92 Å². The fourth-order valence-corrected chi connectivity index (χ4v) is 2.84. The van der Waals surface area contributed by atoms with Crippen molar-refractivity contribution in [3.63, 3.8) is 0 Å². The van der Waals surface area contributed by atoms with Crippen LogP contribution in [-0.4, -0.2) is 41.8 Å². The molecule has 0 bridgehead atoms. The van der Waals surface area contributed by atoms with E-state index in [4.69, 9.17) is 9.47 Å². The summed E-state index contributed by atoms with van der Waals surface area (Å²) in [5.74, 6) is 0.791. The van der Waals surface area contributed by atoms with Gasteiger partial charge in [0.1, 0.15) is 5.82 Å². The summed E-state index contributed by atoms with van der Waals surface area (Å²) in [5.41, 5.74) is 1.94. The number of carbonyl (C=O) groups excluding carboxylic acids is 1. The number of para-hydroxylation sites is 1. The van der Waals surface area contributed by atoms with Crippen LogP contribution in [0.2, 0.25) is 0 Å². The van der Waals surface area contributed by atoms with Gasteiger partial charge in [-0.25, -0.2) is 9.78 Å². The summed E-state index contributed by atoms with van der Waals surface area (Å²) >= 11 is 0. The number of benzene rings is 1. The number of aryl methyl sites for hydroxylation is 1. The molecule has 0 aliphatic carbocycles. The zero-order chi connectivity index (χ0) is 18.4. The molecule has 2 heterocycles. The summed E-state index contributed by atoms with van der Waals surface area (Å²) in [6, 6.07) is 9.04. The fourth-order valence-electron chi connectivity index (χ4n) is 2.84. The zero-order valence-electron chi connectivity index (χ0n) is 15.1. The van der Waals surface area contributed by atoms with Gasteiger partial charge in [-0.2, -0.15) is 4.98 Å². The largest absolute Gasteiger partial charge is 0.462 e. The Bertz CT molecular complexity index is 760. The second kappa shape index (κ2) is 8.62. The summed E-state index contributed by atoms with van der Waals surface area (Å²) in [5, 5.41) is 6.43. The van der Waals surface area contributed by atoms with Crippen molar-refractivity contribution in [3.8, 4) is 0 Å². The van der Waals surface area contributed by atoms with Gasteiger partial charge in [0.05, 0.1) is 24.0 Å². The number of rotatable bonds is 7. The summed E-state index contributed by atoms with van der Waals surface area (Å²) in [4.78, 5) is 21.0. The lowest BCUT2D eigenvalue weighted by Gasteiger charge is -2.14. The second-order valence-corrected chi connectivity index (χ2v) is 6.13. The standard InChI is InChI=1S/C19H24N4O3/c1-3-25-18(24)15-8-4-5-9-16(15)22-17-11-13(2)21-19(23-17)20-12-14-7-6-10-26-14/h4-5,8-9,11,14H,3,6-7,10,12H2,1-2H3,(H2,20,21,22,23). The van der Waals surface area contributed by atoms with Crippen molar-refractivity contribution >= 4 is 23.4 Å². The highest BCUT2D eigenvalue weighted by Gasteiger charge is 2.16. The Labute approximate surface area is 153 Å². The van der Waals surface area contributed by atoms with Crippen LogP contribution in [0.1, 0.15) is 35.8 Å². The SMILES string of the molecule is CCOC(=O)c1ccccc1Nc1cc(C)nc(NCC2CCCO2)n1. The summed E-state index contributed by atoms with van der Waals surface area (Å²) < 4.78 is 10.7. The molecule has 7 heteroatoms. The van der Waals surface area contributed by atoms with E-state index in [1.165, 1.54) is 0 Å². The molecule has 26 heavy (non-hydrogen) atoms. The van der Waals surface area contributed by atoms with E-state index in [1.807, 2.05) is 25.1 Å². The Kier molecular flexibility index (Phi) is 6.01. The molecule has 0 saturated carbocycles. The quantitative estimate of drug-likeness (QED) is 0.736. The third kappa shape index (κ3) is 4.70. The number of hydrogen-bond donors (Lipinski definition) is 2. The average Bonchev–Trinajstić information content (AvgIpc) is 3.14. The van der Waals surface area contributed by atoms with Gasteiger partial charge < -0.3 is 20.1 Å². The van der Waals surface area contributed by atoms with Crippen LogP contribution in [-0.2, 0) is 9.47 Å². The predicted molar refractivity (Wildman–Crippen MR) is 99.9 cm³/mol. The maximum absolute atomic E-state index is 12.1. The second-order valence-electron chi connectivity index (χ2n) is 6.13. The van der Waals surface area contributed by atoms with E-state index in [1.54, 1.807) is 19.1 Å². The molecule has 0 radical (unpaired) electrons. The number of ether oxygens (including phenoxy) is 2. The molecule has 1 fully saturated rings. The van der Waals surface area contributed by atoms with Gasteiger partial charge in [-0.1, -0.05) is 12.1 Å². The van der Waals surface area contributed by atoms with Crippen molar-refractivity contribution < 1.29 is 14.3 Å². The molecule has 1 aromatic heterocycles. The predicted octanol–water partition coefficient (Wildman–Crippen LogP) is 3.30. The Hall–Kier alpha value is -2.67. The van der Waals surface area contributed by atoms with E-state index in [0.29, 0.717) is 36.2 Å². The van der Waals surface area contributed by atoms with Gasteiger partial charge in [0.25, 0.3) is 0 Å². The molecule has 2 aromatic rings. The number of hydrogen-bond acceptors (Lipinski definition) is 7. The molecule has 2 N–H and O–H groups in total. The molecule has 1 atom stereocenters. The molecule has 3 rings (SSSR count). The number of esters is 1. The maximum Gasteiger partial charge on any atom is 0.340 e. The first-order valence-electron chi connectivity index (χ1n) is 8.90. The highest BCUT2D eigenvalue weighted by atomic mass is 16.5. The van der Waals surface area contributed by atoms with Crippen LogP contribution in [0.4, 0.5) is 17.5 Å². The number of anilines is 3. The molecule has 1 saturated heterocycles. The van der Waals surface area contributed by atoms with Crippen LogP contribution in [0.15, 0.2) is 30.3 Å². The molecule has 0 amide bonds. The number of aromatic nitrogens is 2. The third-order valence-corrected chi connectivity index (χ3v) is 4.05. The molecule has 138 valence electrons. The van der Waals surface area contributed by atoms with Gasteiger partial charge in [0.15, 0.2) is 0 Å². The topological polar surface area (TPSA) is 85.4 Å². The monoisotopic (exact) mass is 356 g/mol. The molecule has 1 aromatic carbocycles. The molecular weight excluding hydrogens is 332 g/mol. The van der Waals surface area contributed by atoms with E-state index in [9.17, 15) is 4.79 Å². The van der Waals surface area contributed by atoms with Gasteiger partial charge in [0, 0.05) is 24.9 Å². The Morgan fingerprint density at radius 1 is 1.35 bits per heavy atom. The number of carbonyl (C=O) groups is 1. The molecule has 1 unspecified atom stereocenters. The lowest BCUT2D eigenvalue weighted by molar-refractivity contribution is 0.0527. The zero-order valence-corrected chi connectivity index (χ0v) is 15.1. The van der Waals surface area contributed by atoms with E-state index in [0.717, 1.165) is 25.1 Å². The first-order chi connectivity index (χ1) is 12.7. The van der Waals surface area contributed by atoms with E-state index in [2.05, 4.69) is 20.6 Å². The van der Waals surface area contributed by atoms with Crippen LogP contribution in [0.25, 0.3) is 0 Å². The van der Waals surface area contributed by atoms with Gasteiger partial charge >= 0.3 is 5.97 Å². The average molecular weight is 356 g/mol. The van der Waals surface area contributed by atoms with E-state index in [-0.39, 0.29) is 12.1 Å². The first-order valence-corrected chi connectivity index (χ1v) is 8.90. The Morgan fingerprint density at radius 3 is 2.96 bits per heavy atom. The van der Waals surface area contributed by atoms with Crippen molar-refractivity contribution in [2.75, 3.05) is 30.4 Å². The van der Waals surface area contributed by atoms with Crippen molar-refractivity contribution in [2.24, 2.45) is 0 Å². The minimum atomic E-state index is -0.363. The van der Waals surface area contributed by atoms with Gasteiger partial charge in [-0.3, -0.25) is 0 Å². The van der Waals surface area contributed by atoms with E-state index >= 15 is 0 Å². The van der Waals surface area contributed by atoms with Crippen LogP contribution >= 0.6 is 0 Å². The molecule has 7 nitrogen and oxygen atoms in total. The smallest absolute Gasteiger partial charge is 0.340 e. The normalized spacial score (nSPS) is 16.3. The van der Waals surface area contributed by atoms with Gasteiger partial charge in [-0.05, 0) is 38.8 Å².